The van der Waals surface area contributed by atoms with Crippen LogP contribution in [0.25, 0.3) is 105 Å². The van der Waals surface area contributed by atoms with Crippen molar-refractivity contribution in [2.24, 2.45) is 0 Å². The zero-order chi connectivity index (χ0) is 99.4. The molecule has 3 heterocycles. The Labute approximate surface area is 871 Å². The second-order valence-electron chi connectivity index (χ2n) is 42.0. The summed E-state index contributed by atoms with van der Waals surface area (Å²) < 4.78 is 7.23. The van der Waals surface area contributed by atoms with Gasteiger partial charge in [0.2, 0.25) is 0 Å². The van der Waals surface area contributed by atoms with Gasteiger partial charge in [0.05, 0.1) is 33.1 Å². The van der Waals surface area contributed by atoms with Crippen molar-refractivity contribution in [1.29, 1.82) is 0 Å². The summed E-state index contributed by atoms with van der Waals surface area (Å²) in [5.41, 5.74) is 36.4. The first-order chi connectivity index (χ1) is 73.0. The van der Waals surface area contributed by atoms with Crippen molar-refractivity contribution in [2.75, 3.05) is 14.7 Å². The van der Waals surface area contributed by atoms with E-state index < -0.39 is 0 Å². The zero-order valence-corrected chi connectivity index (χ0v) is 84.9. The second kappa shape index (κ2) is 41.0. The number of hydrogen-bond donors (Lipinski definition) is 0. The fourth-order valence-corrected chi connectivity index (χ4v) is 25.0. The summed E-state index contributed by atoms with van der Waals surface area (Å²) in [7, 11) is 0. The molecule has 0 atom stereocenters. The summed E-state index contributed by atoms with van der Waals surface area (Å²) in [5.74, 6) is 0. The number of rotatable bonds is 20. The van der Waals surface area contributed by atoms with E-state index in [1.54, 1.807) is 0 Å². The molecule has 0 amide bonds. The van der Waals surface area contributed by atoms with Gasteiger partial charge in [-0.3, -0.25) is 0 Å². The molecule has 0 saturated heterocycles. The van der Waals surface area contributed by atoms with Gasteiger partial charge in [-0.15, -0.1) is 0 Å². The van der Waals surface area contributed by atoms with Crippen LogP contribution in [0.4, 0.5) is 51.2 Å². The van der Waals surface area contributed by atoms with E-state index in [0.717, 1.165) is 51.2 Å². The lowest BCUT2D eigenvalue weighted by Gasteiger charge is -2.39. The number of nitrogens with zero attached hydrogens (tertiary/aromatic N) is 6. The van der Waals surface area contributed by atoms with Gasteiger partial charge >= 0.3 is 0 Å². The molecule has 0 aliphatic heterocycles. The molecular weight excluding hydrogens is 1790 g/mol. The summed E-state index contributed by atoms with van der Waals surface area (Å²) >= 11 is 0. The van der Waals surface area contributed by atoms with Gasteiger partial charge in [0, 0.05) is 117 Å². The minimum absolute atomic E-state index is 0.0775. The first kappa shape index (κ1) is 93.5. The number of anilines is 9. The van der Waals surface area contributed by atoms with Crippen molar-refractivity contribution in [3.05, 3.63) is 555 Å². The van der Waals surface area contributed by atoms with Gasteiger partial charge in [0.1, 0.15) is 0 Å². The van der Waals surface area contributed by atoms with E-state index in [2.05, 4.69) is 565 Å². The SMILES string of the molecule is CC(C)(C)c1ccc(-n2c3ccccc3c3cc(N(c4ccccc4)c4ccc(C5(c6ccccc6)CCCCC5)cc4)ccc32)cc1.c1ccc(-c2ccc(-n3c4ccccc4c4cc(N(c5ccccc5)c5ccc(C6(c7ccccc7)CCCCC6)cc5)ccc43)cc2)cc1.c1ccc(-c2cccc(-n3c4ccccc4c4cc(N(c5ccccc5)c5ccc(C6(c7ccccc7)CCCCC6)cc5)ccc43)c2)cc1. The topological polar surface area (TPSA) is 24.5 Å². The van der Waals surface area contributed by atoms with Crippen LogP contribution in [0, 0.1) is 0 Å². The normalized spacial score (nSPS) is 14.3. The zero-order valence-electron chi connectivity index (χ0n) is 84.9. The molecule has 3 aromatic heterocycles. The Balaban J connectivity index is 0.000000119. The van der Waals surface area contributed by atoms with E-state index in [4.69, 9.17) is 0 Å². The molecule has 6 heteroatoms. The van der Waals surface area contributed by atoms with Crippen molar-refractivity contribution in [1.82, 2.24) is 13.7 Å². The van der Waals surface area contributed by atoms with Crippen LogP contribution < -0.4 is 14.7 Å². The minimum Gasteiger partial charge on any atom is -0.310 e. The van der Waals surface area contributed by atoms with E-state index in [0.29, 0.717) is 0 Å². The van der Waals surface area contributed by atoms with E-state index in [9.17, 15) is 0 Å². The van der Waals surface area contributed by atoms with Gasteiger partial charge in [-0.2, -0.15) is 0 Å². The molecule has 0 bridgehead atoms. The third-order valence-electron chi connectivity index (χ3n) is 32.4. The highest BCUT2D eigenvalue weighted by atomic mass is 15.2. The minimum atomic E-state index is 0.0775. The highest BCUT2D eigenvalue weighted by Gasteiger charge is 2.40. The molecule has 6 nitrogen and oxygen atoms in total. The highest BCUT2D eigenvalue weighted by molar-refractivity contribution is 6.13. The van der Waals surface area contributed by atoms with Crippen LogP contribution in [-0.4, -0.2) is 13.7 Å². The van der Waals surface area contributed by atoms with Crippen LogP contribution in [0.3, 0.4) is 0 Å². The lowest BCUT2D eigenvalue weighted by Crippen LogP contribution is -2.30. The van der Waals surface area contributed by atoms with E-state index in [1.807, 2.05) is 0 Å². The van der Waals surface area contributed by atoms with Crippen molar-refractivity contribution in [3.63, 3.8) is 0 Å². The maximum Gasteiger partial charge on any atom is 0.0542 e. The Hall–Kier alpha value is -16.8. The molecule has 3 saturated carbocycles. The lowest BCUT2D eigenvalue weighted by atomic mass is 9.65. The molecule has 3 fully saturated rings. The number of benzene rings is 20. The Morgan fingerprint density at radius 1 is 0.169 bits per heavy atom. The molecule has 23 aromatic rings. The monoisotopic (exact) mass is 1910 g/mol. The van der Waals surface area contributed by atoms with Gasteiger partial charge in [0.25, 0.3) is 0 Å². The summed E-state index contributed by atoms with van der Waals surface area (Å²) in [6.45, 7) is 6.81. The molecule has 3 aliphatic carbocycles. The fourth-order valence-electron chi connectivity index (χ4n) is 25.0. The van der Waals surface area contributed by atoms with Gasteiger partial charge < -0.3 is 28.4 Å². The fraction of sp³-hybridized carbons (Fsp3) is 0.155. The number of aromatic nitrogens is 3. The Kier molecular flexibility index (Phi) is 25.9. The van der Waals surface area contributed by atoms with Crippen LogP contribution in [0.1, 0.15) is 156 Å². The summed E-state index contributed by atoms with van der Waals surface area (Å²) in [5, 5.41) is 7.51. The number of hydrogen-bond acceptors (Lipinski definition) is 3. The number of para-hydroxylation sites is 6. The standard InChI is InChI=1S/2C48H40N2.C46H44N2/c1-5-16-36(17-6-1)37-18-15-23-42(34-37)50-46-25-12-11-24-44(46)45-35-43(30-31-47(45)50)49(40-21-9-3-10-22-40)41-28-26-39(27-29-41)48(32-13-4-14-33-48)38-19-7-2-8-20-38;1-5-15-36(16-6-1)37-23-27-42(28-24-37)50-46-22-12-11-21-44(46)45-35-43(31-32-47(45)50)49(40-19-9-3-10-20-40)41-29-25-39(26-30-41)48(33-13-4-14-34-48)38-17-7-2-8-18-38;1-45(2,3)34-21-25-39(26-22-34)48-43-20-12-11-19-41(43)42-33-40(29-30-44(42)48)47(37-17-9-5-10-18-37)38-27-23-36(24-28-38)46(31-13-6-14-32-46)35-15-7-4-8-16-35/h1-3,5-12,15-31,34-35H,4,13-14,32-33H2;1-3,5-12,15-32,35H,4,13-14,33-34H2;4-5,7-12,15-30,33H,6,13-14,31-32H2,1-3H3. The summed E-state index contributed by atoms with van der Waals surface area (Å²) in [4.78, 5) is 7.21. The first-order valence-electron chi connectivity index (χ1n) is 53.6. The van der Waals surface area contributed by atoms with Crippen LogP contribution in [0.5, 0.6) is 0 Å². The highest BCUT2D eigenvalue weighted by Crippen LogP contribution is 2.53. The second-order valence-corrected chi connectivity index (χ2v) is 42.0. The van der Waals surface area contributed by atoms with E-state index in [1.165, 1.54) is 240 Å². The van der Waals surface area contributed by atoms with Crippen LogP contribution in [0.15, 0.2) is 516 Å². The maximum atomic E-state index is 2.41. The average molecular weight is 1910 g/mol. The first-order valence-corrected chi connectivity index (χ1v) is 53.6. The molecule has 0 N–H and O–H groups in total. The Bertz CT molecular complexity index is 8510. The van der Waals surface area contributed by atoms with Crippen molar-refractivity contribution in [2.45, 2.75) is 139 Å². The van der Waals surface area contributed by atoms with Crippen LogP contribution in [-0.2, 0) is 21.7 Å². The molecule has 0 spiro atoms. The molecule has 26 rings (SSSR count). The Morgan fingerprint density at radius 2 is 0.405 bits per heavy atom. The average Bonchev–Trinajstić information content (AvgIpc) is 1.54. The largest absolute Gasteiger partial charge is 0.310 e. The van der Waals surface area contributed by atoms with Crippen LogP contribution >= 0.6 is 0 Å². The molecule has 722 valence electrons. The van der Waals surface area contributed by atoms with Gasteiger partial charge in [-0.05, 0) is 287 Å². The predicted octanol–water partition coefficient (Wildman–Crippen LogP) is 39.1. The van der Waals surface area contributed by atoms with E-state index in [-0.39, 0.29) is 21.7 Å². The van der Waals surface area contributed by atoms with Crippen molar-refractivity contribution >= 4 is 117 Å². The van der Waals surface area contributed by atoms with E-state index >= 15 is 0 Å². The number of fused-ring (bicyclic) bond motifs is 9. The maximum absolute atomic E-state index is 2.41. The summed E-state index contributed by atoms with van der Waals surface area (Å²) in [6.07, 6.45) is 18.9. The predicted molar refractivity (Wildman–Crippen MR) is 627 cm³/mol. The lowest BCUT2D eigenvalue weighted by molar-refractivity contribution is 0.346. The van der Waals surface area contributed by atoms with Crippen LogP contribution in [0.2, 0.25) is 0 Å². The third kappa shape index (κ3) is 18.0. The molecule has 0 unspecified atom stereocenters. The van der Waals surface area contributed by atoms with Crippen molar-refractivity contribution < 1.29 is 0 Å². The molecule has 148 heavy (non-hydrogen) atoms. The molecule has 3 aliphatic rings. The van der Waals surface area contributed by atoms with Gasteiger partial charge in [-0.25, -0.2) is 0 Å². The van der Waals surface area contributed by atoms with Gasteiger partial charge in [0.15, 0.2) is 0 Å². The third-order valence-corrected chi connectivity index (χ3v) is 32.4. The molecule has 0 radical (unpaired) electrons. The van der Waals surface area contributed by atoms with Gasteiger partial charge in [-0.1, -0.05) is 412 Å². The molecular formula is C142H124N6. The van der Waals surface area contributed by atoms with Crippen molar-refractivity contribution in [3.8, 4) is 39.3 Å². The molecule has 20 aromatic carbocycles. The smallest absolute Gasteiger partial charge is 0.0542 e. The quantitative estimate of drug-likeness (QED) is 0.0760. The summed E-state index contributed by atoms with van der Waals surface area (Å²) in [6, 6.07) is 190. The Morgan fingerprint density at radius 3 is 0.723 bits per heavy atom.